The molecular formula is C15H12ClN5O. The summed E-state index contributed by atoms with van der Waals surface area (Å²) >= 11 is 6.11. The second-order valence-electron chi connectivity index (χ2n) is 5.26. The van der Waals surface area contributed by atoms with Gasteiger partial charge in [0, 0.05) is 16.8 Å². The number of hydrogen-bond donors (Lipinski definition) is 2. The van der Waals surface area contributed by atoms with Gasteiger partial charge in [0.15, 0.2) is 5.60 Å². The summed E-state index contributed by atoms with van der Waals surface area (Å²) in [5, 5.41) is 26.1. The van der Waals surface area contributed by atoms with E-state index >= 15 is 0 Å². The minimum absolute atomic E-state index is 0.179. The highest BCUT2D eigenvalue weighted by Crippen LogP contribution is 2.40. The smallest absolute Gasteiger partial charge is 0.216 e. The minimum atomic E-state index is -1.54. The summed E-state index contributed by atoms with van der Waals surface area (Å²) < 4.78 is 0. The number of aliphatic hydroxyl groups is 1. The number of fused-ring (bicyclic) bond motifs is 2. The molecule has 3 aromatic rings. The van der Waals surface area contributed by atoms with Gasteiger partial charge in [-0.3, -0.25) is 4.98 Å². The number of aryl methyl sites for hydroxylation is 2. The summed E-state index contributed by atoms with van der Waals surface area (Å²) in [6.07, 6.45) is 3.18. The number of halogens is 1. The Morgan fingerprint density at radius 2 is 2.05 bits per heavy atom. The lowest BCUT2D eigenvalue weighted by Gasteiger charge is -2.26. The number of aromatic nitrogens is 5. The molecule has 0 fully saturated rings. The Hall–Kier alpha value is -2.31. The molecule has 0 radical (unpaired) electrons. The number of nitrogens with zero attached hydrogens (tertiary/aromatic N) is 4. The molecule has 7 heteroatoms. The van der Waals surface area contributed by atoms with Gasteiger partial charge in [-0.05, 0) is 42.2 Å². The standard InChI is InChI=1S/C15H12ClN5O/c16-11-5-6-12-10(8-11)4-3-9-2-1-7-17-13(9)15(12,22)14-18-20-21-19-14/h1-2,5-8,22H,3-4H2,(H,18,19,20,21). The number of tetrazole rings is 1. The molecule has 0 aliphatic heterocycles. The molecule has 1 aliphatic carbocycles. The predicted molar refractivity (Wildman–Crippen MR) is 79.4 cm³/mol. The molecule has 0 spiro atoms. The fraction of sp³-hybridized carbons (Fsp3) is 0.200. The van der Waals surface area contributed by atoms with Crippen molar-refractivity contribution in [1.29, 1.82) is 0 Å². The van der Waals surface area contributed by atoms with Gasteiger partial charge in [0.1, 0.15) is 0 Å². The van der Waals surface area contributed by atoms with Gasteiger partial charge in [-0.1, -0.05) is 28.9 Å². The zero-order valence-electron chi connectivity index (χ0n) is 11.5. The van der Waals surface area contributed by atoms with Gasteiger partial charge in [-0.2, -0.15) is 5.21 Å². The van der Waals surface area contributed by atoms with Crippen molar-refractivity contribution in [3.63, 3.8) is 0 Å². The number of rotatable bonds is 1. The van der Waals surface area contributed by atoms with Gasteiger partial charge < -0.3 is 5.11 Å². The third-order valence-corrected chi connectivity index (χ3v) is 4.26. The maximum Gasteiger partial charge on any atom is 0.216 e. The van der Waals surface area contributed by atoms with Crippen LogP contribution in [0.3, 0.4) is 0 Å². The van der Waals surface area contributed by atoms with Crippen LogP contribution in [0.2, 0.25) is 5.02 Å². The van der Waals surface area contributed by atoms with E-state index in [0.717, 1.165) is 24.0 Å². The van der Waals surface area contributed by atoms with Gasteiger partial charge >= 0.3 is 0 Å². The van der Waals surface area contributed by atoms with Crippen molar-refractivity contribution in [1.82, 2.24) is 25.6 Å². The van der Waals surface area contributed by atoms with Crippen molar-refractivity contribution in [2.75, 3.05) is 0 Å². The Balaban J connectivity index is 2.07. The number of benzene rings is 1. The zero-order valence-corrected chi connectivity index (χ0v) is 12.2. The lowest BCUT2D eigenvalue weighted by molar-refractivity contribution is 0.110. The van der Waals surface area contributed by atoms with E-state index in [9.17, 15) is 5.11 Å². The first kappa shape index (κ1) is 13.4. The van der Waals surface area contributed by atoms with E-state index in [1.165, 1.54) is 0 Å². The second-order valence-corrected chi connectivity index (χ2v) is 5.69. The van der Waals surface area contributed by atoms with Gasteiger partial charge in [0.05, 0.1) is 5.69 Å². The Labute approximate surface area is 131 Å². The van der Waals surface area contributed by atoms with Crippen LogP contribution in [0.25, 0.3) is 0 Å². The molecule has 6 nitrogen and oxygen atoms in total. The second kappa shape index (κ2) is 4.86. The summed E-state index contributed by atoms with van der Waals surface area (Å²) in [5.74, 6) is 0.179. The SMILES string of the molecule is OC1(c2nn[nH]n2)c2ccc(Cl)cc2CCc2cccnc21. The monoisotopic (exact) mass is 313 g/mol. The van der Waals surface area contributed by atoms with E-state index < -0.39 is 5.60 Å². The number of H-pyrrole nitrogens is 1. The Kier molecular flexibility index (Phi) is 2.95. The van der Waals surface area contributed by atoms with E-state index in [2.05, 4.69) is 25.6 Å². The van der Waals surface area contributed by atoms with Crippen LogP contribution in [0, 0.1) is 0 Å². The third kappa shape index (κ3) is 1.84. The van der Waals surface area contributed by atoms with Gasteiger partial charge in [0.2, 0.25) is 5.82 Å². The maximum absolute atomic E-state index is 11.5. The van der Waals surface area contributed by atoms with Crippen molar-refractivity contribution in [3.05, 3.63) is 69.8 Å². The maximum atomic E-state index is 11.5. The summed E-state index contributed by atoms with van der Waals surface area (Å²) in [6.45, 7) is 0. The highest BCUT2D eigenvalue weighted by atomic mass is 35.5. The minimum Gasteiger partial charge on any atom is -0.372 e. The number of aromatic amines is 1. The van der Waals surface area contributed by atoms with E-state index in [0.29, 0.717) is 16.3 Å². The van der Waals surface area contributed by atoms with E-state index in [4.69, 9.17) is 11.6 Å². The van der Waals surface area contributed by atoms with Crippen LogP contribution in [0.5, 0.6) is 0 Å². The fourth-order valence-corrected chi connectivity index (χ4v) is 3.22. The van der Waals surface area contributed by atoms with Crippen molar-refractivity contribution >= 4 is 11.6 Å². The van der Waals surface area contributed by atoms with Crippen LogP contribution < -0.4 is 0 Å². The first-order valence-corrected chi connectivity index (χ1v) is 7.27. The molecule has 0 bridgehead atoms. The average Bonchev–Trinajstić information content (AvgIpc) is 3.04. The average molecular weight is 314 g/mol. The first-order chi connectivity index (χ1) is 10.7. The molecule has 1 aromatic carbocycles. The molecule has 22 heavy (non-hydrogen) atoms. The third-order valence-electron chi connectivity index (χ3n) is 4.02. The van der Waals surface area contributed by atoms with Crippen LogP contribution in [0.15, 0.2) is 36.5 Å². The quantitative estimate of drug-likeness (QED) is 0.713. The number of nitrogens with one attached hydrogen (secondary N) is 1. The predicted octanol–water partition coefficient (Wildman–Crippen LogP) is 1.63. The molecule has 0 saturated heterocycles. The molecule has 1 atom stereocenters. The van der Waals surface area contributed by atoms with Crippen molar-refractivity contribution in [2.24, 2.45) is 0 Å². The molecule has 1 aliphatic rings. The lowest BCUT2D eigenvalue weighted by atomic mass is 9.86. The molecule has 2 N–H and O–H groups in total. The Morgan fingerprint density at radius 3 is 2.86 bits per heavy atom. The molecule has 0 amide bonds. The van der Waals surface area contributed by atoms with Gasteiger partial charge in [-0.15, -0.1) is 10.2 Å². The van der Waals surface area contributed by atoms with E-state index in [1.54, 1.807) is 18.3 Å². The zero-order chi connectivity index (χ0) is 15.2. The Morgan fingerprint density at radius 1 is 1.18 bits per heavy atom. The number of pyridine rings is 1. The fourth-order valence-electron chi connectivity index (χ4n) is 3.03. The van der Waals surface area contributed by atoms with Crippen LogP contribution >= 0.6 is 11.6 Å². The molecule has 0 saturated carbocycles. The highest BCUT2D eigenvalue weighted by Gasteiger charge is 2.44. The lowest BCUT2D eigenvalue weighted by Crippen LogP contribution is -2.32. The van der Waals surface area contributed by atoms with Gasteiger partial charge in [-0.25, -0.2) is 0 Å². The summed E-state index contributed by atoms with van der Waals surface area (Å²) in [6, 6.07) is 9.24. The highest BCUT2D eigenvalue weighted by molar-refractivity contribution is 6.30. The molecule has 110 valence electrons. The largest absolute Gasteiger partial charge is 0.372 e. The van der Waals surface area contributed by atoms with Crippen molar-refractivity contribution in [3.8, 4) is 0 Å². The molecule has 2 aromatic heterocycles. The Bertz CT molecular complexity index is 836. The van der Waals surface area contributed by atoms with E-state index in [-0.39, 0.29) is 5.82 Å². The van der Waals surface area contributed by atoms with Crippen LogP contribution in [0.1, 0.15) is 28.2 Å². The molecule has 2 heterocycles. The van der Waals surface area contributed by atoms with Crippen molar-refractivity contribution < 1.29 is 5.11 Å². The normalized spacial score (nSPS) is 20.1. The van der Waals surface area contributed by atoms with Crippen LogP contribution in [-0.4, -0.2) is 30.7 Å². The van der Waals surface area contributed by atoms with Gasteiger partial charge in [0.25, 0.3) is 0 Å². The summed E-state index contributed by atoms with van der Waals surface area (Å²) in [4.78, 5) is 4.41. The van der Waals surface area contributed by atoms with Crippen LogP contribution in [0.4, 0.5) is 0 Å². The molecule has 4 rings (SSSR count). The molecular weight excluding hydrogens is 302 g/mol. The number of hydrogen-bond acceptors (Lipinski definition) is 5. The molecule has 1 unspecified atom stereocenters. The van der Waals surface area contributed by atoms with E-state index in [1.807, 2.05) is 18.2 Å². The first-order valence-electron chi connectivity index (χ1n) is 6.89. The topological polar surface area (TPSA) is 87.6 Å². The van der Waals surface area contributed by atoms with Crippen LogP contribution in [-0.2, 0) is 18.4 Å². The summed E-state index contributed by atoms with van der Waals surface area (Å²) in [5.41, 5.74) is 1.60. The van der Waals surface area contributed by atoms with Crippen molar-refractivity contribution in [2.45, 2.75) is 18.4 Å². The summed E-state index contributed by atoms with van der Waals surface area (Å²) in [7, 11) is 0.